The Labute approximate surface area is 135 Å². The van der Waals surface area contributed by atoms with Crippen LogP contribution in [0.25, 0.3) is 0 Å². The number of esters is 1. The van der Waals surface area contributed by atoms with E-state index < -0.39 is 18.4 Å². The molecule has 1 heterocycles. The van der Waals surface area contributed by atoms with Crippen LogP contribution in [0.15, 0.2) is 42.4 Å². The number of aliphatic hydroxyl groups excluding tert-OH is 1. The Morgan fingerprint density at radius 2 is 2.09 bits per heavy atom. The van der Waals surface area contributed by atoms with Gasteiger partial charge in [0, 0.05) is 6.42 Å². The Morgan fingerprint density at radius 3 is 2.74 bits per heavy atom. The van der Waals surface area contributed by atoms with Gasteiger partial charge in [-0.1, -0.05) is 30.3 Å². The summed E-state index contributed by atoms with van der Waals surface area (Å²) in [7, 11) is 0. The third kappa shape index (κ3) is 3.85. The summed E-state index contributed by atoms with van der Waals surface area (Å²) in [6.45, 7) is 1.97. The number of aliphatic hydroxyl groups is 1. The molecule has 1 aromatic rings. The third-order valence-corrected chi connectivity index (χ3v) is 4.18. The molecule has 124 valence electrons. The van der Waals surface area contributed by atoms with E-state index in [1.165, 1.54) is 0 Å². The molecule has 0 saturated heterocycles. The first-order valence-corrected chi connectivity index (χ1v) is 8.10. The van der Waals surface area contributed by atoms with Gasteiger partial charge >= 0.3 is 5.97 Å². The predicted octanol–water partition coefficient (Wildman–Crippen LogP) is 2.39. The third-order valence-electron chi connectivity index (χ3n) is 4.18. The highest BCUT2D eigenvalue weighted by molar-refractivity contribution is 5.75. The maximum Gasteiger partial charge on any atom is 0.335 e. The van der Waals surface area contributed by atoms with Crippen LogP contribution in [0.1, 0.15) is 25.3 Å². The molecule has 0 amide bonds. The number of rotatable bonds is 7. The van der Waals surface area contributed by atoms with Crippen LogP contribution >= 0.6 is 0 Å². The quantitative estimate of drug-likeness (QED) is 0.782. The maximum absolute atomic E-state index is 11.9. The van der Waals surface area contributed by atoms with Crippen molar-refractivity contribution in [2.24, 2.45) is 11.8 Å². The second-order valence-electron chi connectivity index (χ2n) is 5.95. The molecule has 1 fully saturated rings. The minimum absolute atomic E-state index is 0.250. The van der Waals surface area contributed by atoms with Crippen LogP contribution < -0.4 is 0 Å². The average molecular weight is 318 g/mol. The zero-order chi connectivity index (χ0) is 16.2. The lowest BCUT2D eigenvalue weighted by molar-refractivity contribution is -0.157. The Balaban J connectivity index is 1.62. The van der Waals surface area contributed by atoms with Gasteiger partial charge in [0.05, 0.1) is 12.5 Å². The zero-order valence-electron chi connectivity index (χ0n) is 13.2. The Morgan fingerprint density at radius 1 is 1.35 bits per heavy atom. The van der Waals surface area contributed by atoms with Crippen LogP contribution in [-0.4, -0.2) is 30.1 Å². The fraction of sp³-hybridized carbons (Fsp3) is 0.500. The molecule has 1 saturated carbocycles. The molecule has 3 unspecified atom stereocenters. The van der Waals surface area contributed by atoms with Crippen LogP contribution in [0.2, 0.25) is 0 Å². The average Bonchev–Trinajstić information content (AvgIpc) is 3.28. The zero-order valence-corrected chi connectivity index (χ0v) is 13.2. The van der Waals surface area contributed by atoms with Gasteiger partial charge in [0.15, 0.2) is 6.10 Å². The summed E-state index contributed by atoms with van der Waals surface area (Å²) < 4.78 is 16.4. The van der Waals surface area contributed by atoms with E-state index in [-0.39, 0.29) is 18.4 Å². The van der Waals surface area contributed by atoms with E-state index in [1.807, 2.05) is 30.3 Å². The molecule has 1 aliphatic carbocycles. The molecule has 0 radical (unpaired) electrons. The minimum Gasteiger partial charge on any atom is -0.464 e. The molecule has 0 spiro atoms. The Kier molecular flexibility index (Phi) is 4.86. The lowest BCUT2D eigenvalue weighted by Crippen LogP contribution is -2.34. The molecule has 23 heavy (non-hydrogen) atoms. The number of benzene rings is 1. The van der Waals surface area contributed by atoms with E-state index in [0.717, 1.165) is 18.4 Å². The summed E-state index contributed by atoms with van der Waals surface area (Å²) >= 11 is 0. The van der Waals surface area contributed by atoms with E-state index in [0.29, 0.717) is 12.2 Å². The SMILES string of the molecule is CCOC(=O)C(O)C(C1=COC(Cc2ccccc2)O1)C1CC1. The molecular formula is C18H22O5. The molecule has 1 aromatic carbocycles. The van der Waals surface area contributed by atoms with Gasteiger partial charge in [0.25, 0.3) is 0 Å². The van der Waals surface area contributed by atoms with Crippen LogP contribution in [0, 0.1) is 11.8 Å². The van der Waals surface area contributed by atoms with Crippen molar-refractivity contribution in [1.82, 2.24) is 0 Å². The van der Waals surface area contributed by atoms with Gasteiger partial charge in [-0.15, -0.1) is 0 Å². The van der Waals surface area contributed by atoms with E-state index in [1.54, 1.807) is 13.2 Å². The smallest absolute Gasteiger partial charge is 0.335 e. The number of hydrogen-bond acceptors (Lipinski definition) is 5. The van der Waals surface area contributed by atoms with Crippen molar-refractivity contribution >= 4 is 5.97 Å². The van der Waals surface area contributed by atoms with Crippen molar-refractivity contribution in [2.75, 3.05) is 6.61 Å². The fourth-order valence-corrected chi connectivity index (χ4v) is 2.88. The fourth-order valence-electron chi connectivity index (χ4n) is 2.88. The van der Waals surface area contributed by atoms with Crippen molar-refractivity contribution < 1.29 is 24.1 Å². The van der Waals surface area contributed by atoms with Gasteiger partial charge in [0.2, 0.25) is 6.29 Å². The van der Waals surface area contributed by atoms with Crippen molar-refractivity contribution in [3.63, 3.8) is 0 Å². The van der Waals surface area contributed by atoms with Gasteiger partial charge < -0.3 is 19.3 Å². The van der Waals surface area contributed by atoms with E-state index >= 15 is 0 Å². The largest absolute Gasteiger partial charge is 0.464 e. The van der Waals surface area contributed by atoms with Crippen molar-refractivity contribution in [3.8, 4) is 0 Å². The lowest BCUT2D eigenvalue weighted by Gasteiger charge is -2.22. The first kappa shape index (κ1) is 15.9. The Bertz CT molecular complexity index is 564. The first-order chi connectivity index (χ1) is 11.2. The maximum atomic E-state index is 11.9. The molecule has 3 atom stereocenters. The standard InChI is InChI=1S/C18H22O5/c1-2-21-18(20)17(19)16(13-8-9-13)14-11-22-15(23-14)10-12-6-4-3-5-7-12/h3-7,11,13,15-17,19H,2,8-10H2,1H3. The van der Waals surface area contributed by atoms with Gasteiger partial charge in [-0.05, 0) is 31.2 Å². The second kappa shape index (κ2) is 7.04. The molecule has 1 N–H and O–H groups in total. The normalized spacial score (nSPS) is 22.5. The van der Waals surface area contributed by atoms with Crippen LogP contribution in [0.4, 0.5) is 0 Å². The summed E-state index contributed by atoms with van der Waals surface area (Å²) in [5.74, 6) is -0.177. The predicted molar refractivity (Wildman–Crippen MR) is 83.0 cm³/mol. The summed E-state index contributed by atoms with van der Waals surface area (Å²) in [5.41, 5.74) is 1.11. The summed E-state index contributed by atoms with van der Waals surface area (Å²) in [4.78, 5) is 11.9. The molecule has 0 aromatic heterocycles. The monoisotopic (exact) mass is 318 g/mol. The highest BCUT2D eigenvalue weighted by atomic mass is 16.7. The number of carbonyl (C=O) groups is 1. The van der Waals surface area contributed by atoms with Crippen LogP contribution in [0.3, 0.4) is 0 Å². The van der Waals surface area contributed by atoms with Gasteiger partial charge in [-0.2, -0.15) is 0 Å². The number of ether oxygens (including phenoxy) is 3. The lowest BCUT2D eigenvalue weighted by atomic mass is 9.95. The Hall–Kier alpha value is -2.01. The highest BCUT2D eigenvalue weighted by Crippen LogP contribution is 2.44. The van der Waals surface area contributed by atoms with Crippen molar-refractivity contribution in [3.05, 3.63) is 47.9 Å². The van der Waals surface area contributed by atoms with Crippen LogP contribution in [0.5, 0.6) is 0 Å². The van der Waals surface area contributed by atoms with Gasteiger partial charge in [0.1, 0.15) is 12.0 Å². The summed E-state index contributed by atoms with van der Waals surface area (Å²) in [5, 5.41) is 10.3. The van der Waals surface area contributed by atoms with Crippen molar-refractivity contribution in [1.29, 1.82) is 0 Å². The summed E-state index contributed by atoms with van der Waals surface area (Å²) in [6, 6.07) is 9.92. The molecule has 3 rings (SSSR count). The number of hydrogen-bond donors (Lipinski definition) is 1. The molecule has 0 bridgehead atoms. The molecule has 1 aliphatic heterocycles. The van der Waals surface area contributed by atoms with Gasteiger partial charge in [-0.25, -0.2) is 4.79 Å². The molecule has 2 aliphatic rings. The highest BCUT2D eigenvalue weighted by Gasteiger charge is 2.45. The second-order valence-corrected chi connectivity index (χ2v) is 5.95. The van der Waals surface area contributed by atoms with Gasteiger partial charge in [-0.3, -0.25) is 0 Å². The number of carbonyl (C=O) groups excluding carboxylic acids is 1. The first-order valence-electron chi connectivity index (χ1n) is 8.10. The molecule has 5 heteroatoms. The molecular weight excluding hydrogens is 296 g/mol. The van der Waals surface area contributed by atoms with E-state index in [4.69, 9.17) is 14.2 Å². The molecule has 5 nitrogen and oxygen atoms in total. The topological polar surface area (TPSA) is 65.0 Å². The van der Waals surface area contributed by atoms with E-state index in [2.05, 4.69) is 0 Å². The minimum atomic E-state index is -1.20. The van der Waals surface area contributed by atoms with E-state index in [9.17, 15) is 9.90 Å². The van der Waals surface area contributed by atoms with Crippen molar-refractivity contribution in [2.45, 2.75) is 38.6 Å². The van der Waals surface area contributed by atoms with Crippen LogP contribution in [-0.2, 0) is 25.4 Å². The summed E-state index contributed by atoms with van der Waals surface area (Å²) in [6.07, 6.45) is 2.50.